The van der Waals surface area contributed by atoms with E-state index in [4.69, 9.17) is 5.73 Å². The standard InChI is InChI=1S/C12H20N6O2/c1-7(9-4-3-5-9)14-6-15-10(16-8(2)13)11-17-12(19)20-18-11/h7,9,14H,3-6H2,1-2H3,(H2,13,15,16)(H,17,18,19)/t7-/m1/s1. The zero-order chi connectivity index (χ0) is 14.5. The van der Waals surface area contributed by atoms with Gasteiger partial charge in [-0.3, -0.25) is 14.8 Å². The number of H-pyrrole nitrogens is 1. The van der Waals surface area contributed by atoms with Crippen LogP contribution in [0.1, 0.15) is 38.9 Å². The van der Waals surface area contributed by atoms with Gasteiger partial charge in [0.1, 0.15) is 0 Å². The lowest BCUT2D eigenvalue weighted by Gasteiger charge is -2.31. The highest BCUT2D eigenvalue weighted by Crippen LogP contribution is 2.29. The number of aliphatic imine (C=N–C) groups is 2. The van der Waals surface area contributed by atoms with Crippen LogP contribution in [0.3, 0.4) is 0 Å². The summed E-state index contributed by atoms with van der Waals surface area (Å²) in [5.41, 5.74) is 5.55. The van der Waals surface area contributed by atoms with Crippen LogP contribution < -0.4 is 16.8 Å². The second-order valence-corrected chi connectivity index (χ2v) is 5.02. The molecule has 0 unspecified atom stereocenters. The van der Waals surface area contributed by atoms with Gasteiger partial charge in [-0.2, -0.15) is 0 Å². The molecule has 4 N–H and O–H groups in total. The molecule has 0 radical (unpaired) electrons. The summed E-state index contributed by atoms with van der Waals surface area (Å²) in [5, 5.41) is 6.88. The Hall–Kier alpha value is -1.96. The number of rotatable bonds is 5. The third-order valence-electron chi connectivity index (χ3n) is 3.43. The predicted molar refractivity (Wildman–Crippen MR) is 75.8 cm³/mol. The molecule has 1 aliphatic rings. The second-order valence-electron chi connectivity index (χ2n) is 5.02. The molecule has 8 heteroatoms. The Morgan fingerprint density at radius 1 is 1.65 bits per heavy atom. The van der Waals surface area contributed by atoms with Crippen molar-refractivity contribution in [3.8, 4) is 0 Å². The lowest BCUT2D eigenvalue weighted by atomic mass is 9.80. The molecule has 0 bridgehead atoms. The van der Waals surface area contributed by atoms with Crippen LogP contribution in [0.25, 0.3) is 0 Å². The highest BCUT2D eigenvalue weighted by molar-refractivity contribution is 6.03. The van der Waals surface area contributed by atoms with Gasteiger partial charge < -0.3 is 5.73 Å². The maximum atomic E-state index is 11.0. The van der Waals surface area contributed by atoms with Crippen molar-refractivity contribution >= 4 is 11.7 Å². The van der Waals surface area contributed by atoms with Crippen molar-refractivity contribution in [2.75, 3.05) is 6.67 Å². The Kier molecular flexibility index (Phi) is 4.67. The summed E-state index contributed by atoms with van der Waals surface area (Å²) < 4.78 is 4.45. The van der Waals surface area contributed by atoms with Gasteiger partial charge in [-0.15, -0.1) is 0 Å². The Labute approximate surface area is 116 Å². The third-order valence-corrected chi connectivity index (χ3v) is 3.43. The Bertz CT molecular complexity index is 550. The van der Waals surface area contributed by atoms with Crippen molar-refractivity contribution < 1.29 is 4.52 Å². The molecule has 0 saturated heterocycles. The highest BCUT2D eigenvalue weighted by Gasteiger charge is 2.23. The third kappa shape index (κ3) is 3.77. The largest absolute Gasteiger partial charge is 0.439 e. The summed E-state index contributed by atoms with van der Waals surface area (Å²) in [6.07, 6.45) is 3.84. The van der Waals surface area contributed by atoms with Gasteiger partial charge in [0.15, 0.2) is 5.84 Å². The van der Waals surface area contributed by atoms with Crippen molar-refractivity contribution in [2.24, 2.45) is 21.6 Å². The fraction of sp³-hybridized carbons (Fsp3) is 0.667. The van der Waals surface area contributed by atoms with Gasteiger partial charge in [-0.1, -0.05) is 11.6 Å². The van der Waals surface area contributed by atoms with Crippen molar-refractivity contribution in [1.29, 1.82) is 0 Å². The van der Waals surface area contributed by atoms with Crippen LogP contribution in [0.4, 0.5) is 0 Å². The SMILES string of the molecule is CC(N)=N/C(=N\CN[C@H](C)C1CCC1)c1noc(=O)[nH]1. The molecule has 1 fully saturated rings. The molecule has 1 atom stereocenters. The number of nitrogens with one attached hydrogen (secondary N) is 2. The molecular formula is C12H20N6O2. The van der Waals surface area contributed by atoms with Gasteiger partial charge in [0.05, 0.1) is 12.5 Å². The van der Waals surface area contributed by atoms with E-state index >= 15 is 0 Å². The van der Waals surface area contributed by atoms with E-state index in [0.29, 0.717) is 18.5 Å². The summed E-state index contributed by atoms with van der Waals surface area (Å²) in [6, 6.07) is 0.410. The second kappa shape index (κ2) is 6.47. The number of nitrogens with zero attached hydrogens (tertiary/aromatic N) is 3. The molecule has 0 aliphatic heterocycles. The normalized spacial score (nSPS) is 18.9. The van der Waals surface area contributed by atoms with E-state index in [9.17, 15) is 4.79 Å². The summed E-state index contributed by atoms with van der Waals surface area (Å²) in [5.74, 6) is 0.843. The van der Waals surface area contributed by atoms with E-state index in [1.807, 2.05) is 0 Å². The molecule has 0 aromatic carbocycles. The molecule has 1 aliphatic carbocycles. The number of hydrogen-bond acceptors (Lipinski definition) is 5. The van der Waals surface area contributed by atoms with Crippen molar-refractivity contribution in [1.82, 2.24) is 15.5 Å². The molecule has 1 heterocycles. The summed E-state index contributed by atoms with van der Waals surface area (Å²) in [7, 11) is 0. The van der Waals surface area contributed by atoms with Gasteiger partial charge in [-0.25, -0.2) is 14.8 Å². The first-order valence-corrected chi connectivity index (χ1v) is 6.71. The molecule has 20 heavy (non-hydrogen) atoms. The number of nitrogens with two attached hydrogens (primary N) is 1. The lowest BCUT2D eigenvalue weighted by molar-refractivity contribution is 0.243. The Morgan fingerprint density at radius 2 is 2.40 bits per heavy atom. The minimum absolute atomic E-state index is 0.179. The topological polar surface area (TPSA) is 122 Å². The maximum Gasteiger partial charge on any atom is 0.439 e. The fourth-order valence-corrected chi connectivity index (χ4v) is 2.03. The first kappa shape index (κ1) is 14.4. The predicted octanol–water partition coefficient (Wildman–Crippen LogP) is 0.222. The van der Waals surface area contributed by atoms with E-state index in [1.54, 1.807) is 6.92 Å². The first-order valence-electron chi connectivity index (χ1n) is 6.71. The molecule has 110 valence electrons. The highest BCUT2D eigenvalue weighted by atomic mass is 16.5. The molecule has 1 aromatic rings. The van der Waals surface area contributed by atoms with Gasteiger partial charge in [-0.05, 0) is 32.6 Å². The number of aromatic amines is 1. The zero-order valence-corrected chi connectivity index (χ0v) is 11.7. The van der Waals surface area contributed by atoms with Crippen LogP contribution >= 0.6 is 0 Å². The number of amidine groups is 2. The lowest BCUT2D eigenvalue weighted by Crippen LogP contribution is -2.37. The van der Waals surface area contributed by atoms with Gasteiger partial charge in [0.25, 0.3) is 0 Å². The minimum atomic E-state index is -0.645. The fourth-order valence-electron chi connectivity index (χ4n) is 2.03. The van der Waals surface area contributed by atoms with Crippen LogP contribution in [0.2, 0.25) is 0 Å². The first-order chi connectivity index (χ1) is 9.56. The quantitative estimate of drug-likeness (QED) is 0.526. The van der Waals surface area contributed by atoms with E-state index in [-0.39, 0.29) is 11.7 Å². The molecule has 1 saturated carbocycles. The van der Waals surface area contributed by atoms with Crippen LogP contribution in [0.15, 0.2) is 19.3 Å². The summed E-state index contributed by atoms with van der Waals surface area (Å²) in [6.45, 7) is 4.17. The van der Waals surface area contributed by atoms with Gasteiger partial charge in [0, 0.05) is 6.04 Å². The molecule has 8 nitrogen and oxygen atoms in total. The van der Waals surface area contributed by atoms with Crippen LogP contribution in [0, 0.1) is 5.92 Å². The average molecular weight is 280 g/mol. The van der Waals surface area contributed by atoms with Crippen molar-refractivity contribution in [3.05, 3.63) is 16.4 Å². The molecule has 0 spiro atoms. The maximum absolute atomic E-state index is 11.0. The van der Waals surface area contributed by atoms with Gasteiger partial charge in [0.2, 0.25) is 5.82 Å². The van der Waals surface area contributed by atoms with E-state index in [0.717, 1.165) is 5.92 Å². The number of aromatic nitrogens is 2. The smallest absolute Gasteiger partial charge is 0.387 e. The van der Waals surface area contributed by atoms with Crippen molar-refractivity contribution in [2.45, 2.75) is 39.2 Å². The Balaban J connectivity index is 2.00. The summed E-state index contributed by atoms with van der Waals surface area (Å²) >= 11 is 0. The molecular weight excluding hydrogens is 260 g/mol. The Morgan fingerprint density at radius 3 is 2.90 bits per heavy atom. The van der Waals surface area contributed by atoms with Crippen molar-refractivity contribution in [3.63, 3.8) is 0 Å². The molecule has 0 amide bonds. The zero-order valence-electron chi connectivity index (χ0n) is 11.7. The van der Waals surface area contributed by atoms with E-state index in [2.05, 4.69) is 36.9 Å². The van der Waals surface area contributed by atoms with Crippen LogP contribution in [0.5, 0.6) is 0 Å². The van der Waals surface area contributed by atoms with E-state index in [1.165, 1.54) is 19.3 Å². The molecule has 2 rings (SSSR count). The average Bonchev–Trinajstić information content (AvgIpc) is 2.71. The van der Waals surface area contributed by atoms with Crippen LogP contribution in [-0.2, 0) is 0 Å². The minimum Gasteiger partial charge on any atom is -0.387 e. The van der Waals surface area contributed by atoms with Gasteiger partial charge >= 0.3 is 5.76 Å². The molecule has 1 aromatic heterocycles. The summed E-state index contributed by atoms with van der Waals surface area (Å²) in [4.78, 5) is 21.7. The monoisotopic (exact) mass is 280 g/mol. The number of hydrogen-bond donors (Lipinski definition) is 3. The van der Waals surface area contributed by atoms with E-state index < -0.39 is 5.76 Å². The van der Waals surface area contributed by atoms with Crippen LogP contribution in [-0.4, -0.2) is 34.5 Å².